The van der Waals surface area contributed by atoms with Crippen LogP contribution in [0, 0.1) is 18.8 Å². The van der Waals surface area contributed by atoms with Gasteiger partial charge in [-0.25, -0.2) is 14.8 Å². The third-order valence-electron chi connectivity index (χ3n) is 6.89. The second-order valence-corrected chi connectivity index (χ2v) is 10.2. The summed E-state index contributed by atoms with van der Waals surface area (Å²) < 4.78 is 5.36. The van der Waals surface area contributed by atoms with Crippen molar-refractivity contribution < 1.29 is 14.6 Å². The van der Waals surface area contributed by atoms with E-state index >= 15 is 0 Å². The molecule has 194 valence electrons. The first-order chi connectivity index (χ1) is 17.3. The fourth-order valence-corrected chi connectivity index (χ4v) is 4.87. The Kier molecular flexibility index (Phi) is 10.5. The number of hydrogen-bond acceptors (Lipinski definition) is 5. The van der Waals surface area contributed by atoms with Crippen molar-refractivity contribution in [2.24, 2.45) is 11.8 Å². The summed E-state index contributed by atoms with van der Waals surface area (Å²) in [7, 11) is 3.99. The van der Waals surface area contributed by atoms with E-state index in [2.05, 4.69) is 16.9 Å². The Morgan fingerprint density at radius 3 is 2.42 bits per heavy atom. The van der Waals surface area contributed by atoms with Gasteiger partial charge in [0.05, 0.1) is 5.52 Å². The summed E-state index contributed by atoms with van der Waals surface area (Å²) in [5.41, 5.74) is 2.13. The van der Waals surface area contributed by atoms with Gasteiger partial charge in [-0.2, -0.15) is 0 Å². The third kappa shape index (κ3) is 8.51. The topological polar surface area (TPSA) is 75.6 Å². The van der Waals surface area contributed by atoms with Crippen LogP contribution in [0.2, 0.25) is 0 Å². The molecule has 0 amide bonds. The molecule has 6 nitrogen and oxygen atoms in total. The number of anilines is 1. The highest BCUT2D eigenvalue weighted by molar-refractivity contribution is 5.89. The zero-order chi connectivity index (χ0) is 25.9. The van der Waals surface area contributed by atoms with E-state index in [0.29, 0.717) is 0 Å². The lowest BCUT2D eigenvalue weighted by molar-refractivity contribution is -0.139. The van der Waals surface area contributed by atoms with Crippen molar-refractivity contribution in [3.05, 3.63) is 59.9 Å². The zero-order valence-corrected chi connectivity index (χ0v) is 22.2. The average molecular weight is 492 g/mol. The molecule has 1 fully saturated rings. The molecule has 1 N–H and O–H groups in total. The summed E-state index contributed by atoms with van der Waals surface area (Å²) in [6, 6.07) is 15.8. The lowest BCUT2D eigenvalue weighted by Crippen LogP contribution is -2.12. The molecule has 4 rings (SSSR count). The standard InChI is InChI=1S/C19H28O3.C11H13N3/c1-15-10-12-16(13-11-15)6-2-3-7-17-8-4-5-9-18(17)22-14-19(20)21;1-8-12-10-7-5-4-6-9(10)11(13-8)14(2)3/h4-5,8-9,15-16H,2-3,6-7,10-14H2,1H3,(H,20,21);4-7H,1-3H3. The van der Waals surface area contributed by atoms with Gasteiger partial charge in [-0.05, 0) is 55.4 Å². The summed E-state index contributed by atoms with van der Waals surface area (Å²) >= 11 is 0. The lowest BCUT2D eigenvalue weighted by atomic mass is 9.80. The molecular formula is C30H41N3O3. The number of aromatic nitrogens is 2. The molecule has 1 aliphatic rings. The van der Waals surface area contributed by atoms with Crippen LogP contribution >= 0.6 is 0 Å². The minimum Gasteiger partial charge on any atom is -0.482 e. The van der Waals surface area contributed by atoms with E-state index in [9.17, 15) is 4.79 Å². The molecule has 6 heteroatoms. The van der Waals surface area contributed by atoms with E-state index in [-0.39, 0.29) is 6.61 Å². The molecule has 3 aromatic rings. The molecule has 0 radical (unpaired) electrons. The second-order valence-electron chi connectivity index (χ2n) is 10.2. The number of ether oxygens (including phenoxy) is 1. The Bertz CT molecular complexity index is 1110. The van der Waals surface area contributed by atoms with Crippen molar-refractivity contribution in [1.82, 2.24) is 9.97 Å². The van der Waals surface area contributed by atoms with Crippen molar-refractivity contribution >= 4 is 22.7 Å². The SMILES string of the molecule is CC1CCC(CCCCc2ccccc2OCC(=O)O)CC1.Cc1nc(N(C)C)c2ccccc2n1. The van der Waals surface area contributed by atoms with Crippen molar-refractivity contribution in [2.75, 3.05) is 25.6 Å². The van der Waals surface area contributed by atoms with Crippen LogP contribution in [0.4, 0.5) is 5.82 Å². The number of carbonyl (C=O) groups is 1. The van der Waals surface area contributed by atoms with Crippen LogP contribution in [-0.2, 0) is 11.2 Å². The number of unbranched alkanes of at least 4 members (excludes halogenated alkanes) is 1. The fourth-order valence-electron chi connectivity index (χ4n) is 4.87. The molecule has 0 saturated heterocycles. The van der Waals surface area contributed by atoms with Crippen LogP contribution in [-0.4, -0.2) is 41.7 Å². The van der Waals surface area contributed by atoms with Gasteiger partial charge < -0.3 is 14.7 Å². The molecule has 0 aliphatic heterocycles. The molecule has 0 bridgehead atoms. The summed E-state index contributed by atoms with van der Waals surface area (Å²) in [5, 5.41) is 9.82. The second kappa shape index (κ2) is 13.8. The lowest BCUT2D eigenvalue weighted by Gasteiger charge is -2.26. The first-order valence-electron chi connectivity index (χ1n) is 13.2. The summed E-state index contributed by atoms with van der Waals surface area (Å²) in [4.78, 5) is 21.4. The van der Waals surface area contributed by atoms with Crippen LogP contribution < -0.4 is 9.64 Å². The van der Waals surface area contributed by atoms with Gasteiger partial charge in [0.25, 0.3) is 0 Å². The molecule has 1 aliphatic carbocycles. The van der Waals surface area contributed by atoms with E-state index < -0.39 is 5.97 Å². The Labute approximate surface area is 215 Å². The van der Waals surface area contributed by atoms with Crippen molar-refractivity contribution in [3.63, 3.8) is 0 Å². The monoisotopic (exact) mass is 491 g/mol. The summed E-state index contributed by atoms with van der Waals surface area (Å²) in [6.07, 6.45) is 10.3. The number of nitrogens with zero attached hydrogens (tertiary/aromatic N) is 3. The molecule has 1 saturated carbocycles. The van der Waals surface area contributed by atoms with E-state index in [1.165, 1.54) is 38.5 Å². The largest absolute Gasteiger partial charge is 0.482 e. The fraction of sp³-hybridized carbons (Fsp3) is 0.500. The highest BCUT2D eigenvalue weighted by atomic mass is 16.5. The van der Waals surface area contributed by atoms with E-state index in [0.717, 1.165) is 58.5 Å². The molecule has 1 aromatic heterocycles. The van der Waals surface area contributed by atoms with Gasteiger partial charge in [0.15, 0.2) is 6.61 Å². The number of carboxylic acids is 1. The maximum atomic E-state index is 10.6. The molecule has 0 unspecified atom stereocenters. The summed E-state index contributed by atoms with van der Waals surface area (Å²) in [6.45, 7) is 4.01. The Morgan fingerprint density at radius 2 is 1.69 bits per heavy atom. The smallest absolute Gasteiger partial charge is 0.341 e. The number of hydrogen-bond donors (Lipinski definition) is 1. The summed E-state index contributed by atoms with van der Waals surface area (Å²) in [5.74, 6) is 3.43. The molecule has 2 aromatic carbocycles. The van der Waals surface area contributed by atoms with Crippen LogP contribution in [0.5, 0.6) is 5.75 Å². The third-order valence-corrected chi connectivity index (χ3v) is 6.89. The van der Waals surface area contributed by atoms with Gasteiger partial charge in [0.2, 0.25) is 0 Å². The van der Waals surface area contributed by atoms with Crippen molar-refractivity contribution in [2.45, 2.75) is 65.2 Å². The number of carboxylic acid groups (broad SMARTS) is 1. The van der Waals surface area contributed by atoms with Crippen molar-refractivity contribution in [1.29, 1.82) is 0 Å². The number of aryl methyl sites for hydroxylation is 2. The highest BCUT2D eigenvalue weighted by Crippen LogP contribution is 2.32. The van der Waals surface area contributed by atoms with Crippen LogP contribution in [0.1, 0.15) is 63.3 Å². The molecule has 0 spiro atoms. The van der Waals surface area contributed by atoms with Crippen molar-refractivity contribution in [3.8, 4) is 5.75 Å². The number of rotatable bonds is 9. The van der Waals surface area contributed by atoms with Crippen LogP contribution in [0.3, 0.4) is 0 Å². The molecule has 1 heterocycles. The zero-order valence-electron chi connectivity index (χ0n) is 22.2. The van der Waals surface area contributed by atoms with Crippen LogP contribution in [0.15, 0.2) is 48.5 Å². The number of para-hydroxylation sites is 2. The number of fused-ring (bicyclic) bond motifs is 1. The van der Waals surface area contributed by atoms with E-state index in [4.69, 9.17) is 9.84 Å². The van der Waals surface area contributed by atoms with E-state index in [1.54, 1.807) is 0 Å². The van der Waals surface area contributed by atoms with Gasteiger partial charge in [-0.3, -0.25) is 0 Å². The van der Waals surface area contributed by atoms with E-state index in [1.807, 2.05) is 74.4 Å². The maximum Gasteiger partial charge on any atom is 0.341 e. The van der Waals surface area contributed by atoms with Gasteiger partial charge >= 0.3 is 5.97 Å². The molecule has 36 heavy (non-hydrogen) atoms. The minimum absolute atomic E-state index is 0.267. The Balaban J connectivity index is 0.000000221. The van der Waals surface area contributed by atoms with Gasteiger partial charge in [0, 0.05) is 19.5 Å². The van der Waals surface area contributed by atoms with Gasteiger partial charge in [-0.15, -0.1) is 0 Å². The quantitative estimate of drug-likeness (QED) is 0.336. The number of aliphatic carboxylic acids is 1. The normalized spacial score (nSPS) is 17.2. The van der Waals surface area contributed by atoms with Gasteiger partial charge in [0.1, 0.15) is 17.4 Å². The predicted octanol–water partition coefficient (Wildman–Crippen LogP) is 6.69. The van der Waals surface area contributed by atoms with Gasteiger partial charge in [-0.1, -0.05) is 75.8 Å². The maximum absolute atomic E-state index is 10.6. The minimum atomic E-state index is -0.929. The Hall–Kier alpha value is -3.15. The van der Waals surface area contributed by atoms with Crippen LogP contribution in [0.25, 0.3) is 10.9 Å². The first-order valence-corrected chi connectivity index (χ1v) is 13.2. The Morgan fingerprint density at radius 1 is 1.00 bits per heavy atom. The number of benzene rings is 2. The first kappa shape index (κ1) is 27.4. The average Bonchev–Trinajstić information content (AvgIpc) is 2.86. The molecular weight excluding hydrogens is 450 g/mol. The predicted molar refractivity (Wildman–Crippen MR) is 147 cm³/mol. The molecule has 0 atom stereocenters. The highest BCUT2D eigenvalue weighted by Gasteiger charge is 2.17.